The standard InChI is InChI=1S/C15H18N2O2/c1-11-5-3-4-6-12(11)9-14-16-13(7-8-19-2)10-15(18)17-14/h3-6,10H,7-9H2,1-2H3,(H,16,17,18). The Labute approximate surface area is 112 Å². The number of hydrogen-bond acceptors (Lipinski definition) is 3. The minimum atomic E-state index is -0.107. The predicted molar refractivity (Wildman–Crippen MR) is 74.4 cm³/mol. The maximum absolute atomic E-state index is 11.6. The molecular formula is C15H18N2O2. The van der Waals surface area contributed by atoms with Crippen molar-refractivity contribution in [3.63, 3.8) is 0 Å². The molecule has 1 aromatic heterocycles. The molecule has 1 aromatic carbocycles. The number of hydrogen-bond donors (Lipinski definition) is 1. The molecule has 2 rings (SSSR count). The van der Waals surface area contributed by atoms with Crippen LogP contribution in [0.3, 0.4) is 0 Å². The first-order valence-corrected chi connectivity index (χ1v) is 6.31. The topological polar surface area (TPSA) is 55.0 Å². The number of aromatic nitrogens is 2. The Hall–Kier alpha value is -1.94. The summed E-state index contributed by atoms with van der Waals surface area (Å²) in [4.78, 5) is 18.9. The van der Waals surface area contributed by atoms with Gasteiger partial charge in [0.15, 0.2) is 0 Å². The smallest absolute Gasteiger partial charge is 0.251 e. The van der Waals surface area contributed by atoms with E-state index in [0.717, 1.165) is 5.69 Å². The van der Waals surface area contributed by atoms with E-state index in [1.165, 1.54) is 17.2 Å². The molecule has 0 amide bonds. The lowest BCUT2D eigenvalue weighted by atomic mass is 10.1. The number of nitrogens with one attached hydrogen (secondary N) is 1. The highest BCUT2D eigenvalue weighted by Gasteiger charge is 2.04. The van der Waals surface area contributed by atoms with Crippen LogP contribution in [0.4, 0.5) is 0 Å². The molecule has 0 bridgehead atoms. The molecule has 1 N–H and O–H groups in total. The zero-order chi connectivity index (χ0) is 13.7. The Morgan fingerprint density at radius 1 is 1.32 bits per heavy atom. The summed E-state index contributed by atoms with van der Waals surface area (Å²) in [5.41, 5.74) is 3.04. The molecule has 0 saturated heterocycles. The van der Waals surface area contributed by atoms with Gasteiger partial charge in [-0.1, -0.05) is 24.3 Å². The summed E-state index contributed by atoms with van der Waals surface area (Å²) in [6, 6.07) is 9.64. The average Bonchev–Trinajstić information content (AvgIpc) is 2.38. The van der Waals surface area contributed by atoms with Crippen molar-refractivity contribution in [1.82, 2.24) is 9.97 Å². The lowest BCUT2D eigenvalue weighted by Gasteiger charge is -2.06. The zero-order valence-corrected chi connectivity index (χ0v) is 11.3. The van der Waals surface area contributed by atoms with Crippen LogP contribution >= 0.6 is 0 Å². The van der Waals surface area contributed by atoms with Gasteiger partial charge in [-0.15, -0.1) is 0 Å². The maximum atomic E-state index is 11.6. The molecule has 100 valence electrons. The third kappa shape index (κ3) is 3.76. The van der Waals surface area contributed by atoms with E-state index in [1.807, 2.05) is 12.1 Å². The molecule has 0 radical (unpaired) electrons. The number of methoxy groups -OCH3 is 1. The van der Waals surface area contributed by atoms with E-state index < -0.39 is 0 Å². The van der Waals surface area contributed by atoms with Crippen molar-refractivity contribution in [2.45, 2.75) is 19.8 Å². The van der Waals surface area contributed by atoms with Gasteiger partial charge in [0.05, 0.1) is 12.3 Å². The van der Waals surface area contributed by atoms with Crippen LogP contribution in [0, 0.1) is 6.92 Å². The molecule has 19 heavy (non-hydrogen) atoms. The Morgan fingerprint density at radius 2 is 2.11 bits per heavy atom. The molecule has 0 aliphatic carbocycles. The largest absolute Gasteiger partial charge is 0.384 e. The number of nitrogens with zero attached hydrogens (tertiary/aromatic N) is 1. The second-order valence-electron chi connectivity index (χ2n) is 4.53. The number of rotatable bonds is 5. The molecule has 0 fully saturated rings. The molecule has 0 spiro atoms. The van der Waals surface area contributed by atoms with Crippen LogP contribution in [0.25, 0.3) is 0 Å². The number of benzene rings is 1. The second-order valence-corrected chi connectivity index (χ2v) is 4.53. The van der Waals surface area contributed by atoms with Crippen molar-refractivity contribution in [2.24, 2.45) is 0 Å². The van der Waals surface area contributed by atoms with E-state index in [1.54, 1.807) is 7.11 Å². The molecule has 4 nitrogen and oxygen atoms in total. The van der Waals surface area contributed by atoms with Gasteiger partial charge in [-0.2, -0.15) is 0 Å². The lowest BCUT2D eigenvalue weighted by Crippen LogP contribution is -2.14. The van der Waals surface area contributed by atoms with E-state index in [9.17, 15) is 4.79 Å². The van der Waals surface area contributed by atoms with Gasteiger partial charge in [0, 0.05) is 26.0 Å². The van der Waals surface area contributed by atoms with Crippen LogP contribution in [0.15, 0.2) is 35.1 Å². The molecule has 0 saturated carbocycles. The van der Waals surface area contributed by atoms with Gasteiger partial charge in [-0.3, -0.25) is 4.79 Å². The molecule has 0 atom stereocenters. The van der Waals surface area contributed by atoms with Gasteiger partial charge < -0.3 is 9.72 Å². The average molecular weight is 258 g/mol. The fourth-order valence-electron chi connectivity index (χ4n) is 1.97. The minimum Gasteiger partial charge on any atom is -0.384 e. The maximum Gasteiger partial charge on any atom is 0.251 e. The van der Waals surface area contributed by atoms with Gasteiger partial charge >= 0.3 is 0 Å². The normalized spacial score (nSPS) is 10.6. The van der Waals surface area contributed by atoms with Crippen molar-refractivity contribution < 1.29 is 4.74 Å². The van der Waals surface area contributed by atoms with Crippen LogP contribution in [0.5, 0.6) is 0 Å². The Kier molecular flexibility index (Phi) is 4.47. The van der Waals surface area contributed by atoms with Crippen LogP contribution in [0.1, 0.15) is 22.6 Å². The van der Waals surface area contributed by atoms with Gasteiger partial charge in [-0.05, 0) is 18.1 Å². The van der Waals surface area contributed by atoms with Crippen molar-refractivity contribution in [3.8, 4) is 0 Å². The van der Waals surface area contributed by atoms with E-state index >= 15 is 0 Å². The highest BCUT2D eigenvalue weighted by Crippen LogP contribution is 2.10. The molecule has 4 heteroatoms. The highest BCUT2D eigenvalue weighted by atomic mass is 16.5. The molecule has 0 aliphatic heterocycles. The summed E-state index contributed by atoms with van der Waals surface area (Å²) >= 11 is 0. The van der Waals surface area contributed by atoms with Crippen LogP contribution in [-0.4, -0.2) is 23.7 Å². The zero-order valence-electron chi connectivity index (χ0n) is 11.3. The first-order valence-electron chi connectivity index (χ1n) is 6.31. The van der Waals surface area contributed by atoms with Gasteiger partial charge in [-0.25, -0.2) is 4.98 Å². The minimum absolute atomic E-state index is 0.107. The van der Waals surface area contributed by atoms with Gasteiger partial charge in [0.2, 0.25) is 0 Å². The molecule has 0 aliphatic rings. The lowest BCUT2D eigenvalue weighted by molar-refractivity contribution is 0.201. The fourth-order valence-corrected chi connectivity index (χ4v) is 1.97. The van der Waals surface area contributed by atoms with Crippen molar-refractivity contribution in [3.05, 3.63) is 63.3 Å². The van der Waals surface area contributed by atoms with Crippen LogP contribution in [0.2, 0.25) is 0 Å². The molecule has 1 heterocycles. The van der Waals surface area contributed by atoms with E-state index in [-0.39, 0.29) is 5.56 Å². The van der Waals surface area contributed by atoms with Crippen molar-refractivity contribution >= 4 is 0 Å². The summed E-state index contributed by atoms with van der Waals surface area (Å²) in [6.45, 7) is 2.63. The summed E-state index contributed by atoms with van der Waals surface area (Å²) in [6.07, 6.45) is 1.30. The van der Waals surface area contributed by atoms with E-state index in [4.69, 9.17) is 4.74 Å². The fraction of sp³-hybridized carbons (Fsp3) is 0.333. The first-order chi connectivity index (χ1) is 9.19. The third-order valence-electron chi connectivity index (χ3n) is 3.03. The number of aromatic amines is 1. The molecule has 0 unspecified atom stereocenters. The third-order valence-corrected chi connectivity index (χ3v) is 3.03. The number of ether oxygens (including phenoxy) is 1. The highest BCUT2D eigenvalue weighted by molar-refractivity contribution is 5.28. The number of aryl methyl sites for hydroxylation is 1. The Balaban J connectivity index is 2.23. The molecular weight excluding hydrogens is 240 g/mol. The Morgan fingerprint density at radius 3 is 2.84 bits per heavy atom. The van der Waals surface area contributed by atoms with Crippen molar-refractivity contribution in [2.75, 3.05) is 13.7 Å². The van der Waals surface area contributed by atoms with Crippen molar-refractivity contribution in [1.29, 1.82) is 0 Å². The molecule has 2 aromatic rings. The monoisotopic (exact) mass is 258 g/mol. The first kappa shape index (κ1) is 13.5. The Bertz CT molecular complexity index is 605. The van der Waals surface area contributed by atoms with Crippen LogP contribution < -0.4 is 5.56 Å². The predicted octanol–water partition coefficient (Wildman–Crippen LogP) is 1.86. The van der Waals surface area contributed by atoms with Gasteiger partial charge in [0.25, 0.3) is 5.56 Å². The van der Waals surface area contributed by atoms with Crippen LogP contribution in [-0.2, 0) is 17.6 Å². The van der Waals surface area contributed by atoms with E-state index in [2.05, 4.69) is 29.0 Å². The summed E-state index contributed by atoms with van der Waals surface area (Å²) in [7, 11) is 1.64. The number of H-pyrrole nitrogens is 1. The second kappa shape index (κ2) is 6.29. The quantitative estimate of drug-likeness (QED) is 0.890. The summed E-state index contributed by atoms with van der Waals surface area (Å²) < 4.78 is 5.01. The van der Waals surface area contributed by atoms with Gasteiger partial charge in [0.1, 0.15) is 5.82 Å². The SMILES string of the molecule is COCCc1cc(=O)[nH]c(Cc2ccccc2C)n1. The van der Waals surface area contributed by atoms with E-state index in [0.29, 0.717) is 25.3 Å². The summed E-state index contributed by atoms with van der Waals surface area (Å²) in [5.74, 6) is 0.702. The summed E-state index contributed by atoms with van der Waals surface area (Å²) in [5, 5.41) is 0.